The molecule has 1 heterocycles. The minimum absolute atomic E-state index is 0.0302. The molecule has 6 heteroatoms. The number of likely N-dealkylation sites (tertiary alicyclic amines) is 1. The van der Waals surface area contributed by atoms with Gasteiger partial charge in [0.15, 0.2) is 0 Å². The van der Waals surface area contributed by atoms with Crippen LogP contribution >= 0.6 is 0 Å². The van der Waals surface area contributed by atoms with E-state index in [4.69, 9.17) is 0 Å². The Morgan fingerprint density at radius 2 is 1.45 bits per heavy atom. The smallest absolute Gasteiger partial charge is 0.251 e. The molecule has 2 N–H and O–H groups in total. The molecule has 2 aromatic carbocycles. The van der Waals surface area contributed by atoms with Crippen LogP contribution in [-0.2, 0) is 4.79 Å². The van der Waals surface area contributed by atoms with Gasteiger partial charge in [-0.3, -0.25) is 14.4 Å². The number of aryl methyl sites for hydroxylation is 1. The monoisotopic (exact) mass is 421 g/mol. The molecule has 31 heavy (non-hydrogen) atoms. The fourth-order valence-electron chi connectivity index (χ4n) is 3.74. The normalized spacial score (nSPS) is 15.4. The number of benzene rings is 2. The molecule has 0 radical (unpaired) electrons. The molecule has 3 rings (SSSR count). The van der Waals surface area contributed by atoms with E-state index in [0.717, 1.165) is 5.56 Å². The summed E-state index contributed by atoms with van der Waals surface area (Å²) < 4.78 is 0. The van der Waals surface area contributed by atoms with E-state index >= 15 is 0 Å². The van der Waals surface area contributed by atoms with Crippen molar-refractivity contribution in [1.29, 1.82) is 0 Å². The summed E-state index contributed by atoms with van der Waals surface area (Å²) in [4.78, 5) is 39.9. The molecule has 2 aromatic rings. The Labute approximate surface area is 184 Å². The molecule has 0 unspecified atom stereocenters. The lowest BCUT2D eigenvalue weighted by atomic mass is 9.98. The maximum Gasteiger partial charge on any atom is 0.251 e. The molecule has 3 amide bonds. The van der Waals surface area contributed by atoms with Gasteiger partial charge in [0.1, 0.15) is 6.04 Å². The minimum Gasteiger partial charge on any atom is -0.349 e. The number of carbonyl (C=O) groups is 3. The zero-order valence-corrected chi connectivity index (χ0v) is 18.4. The summed E-state index contributed by atoms with van der Waals surface area (Å²) in [6.07, 6.45) is 1.39. The topological polar surface area (TPSA) is 78.5 Å². The average molecular weight is 422 g/mol. The van der Waals surface area contributed by atoms with Gasteiger partial charge in [-0.25, -0.2) is 0 Å². The van der Waals surface area contributed by atoms with E-state index in [1.807, 2.05) is 51.1 Å². The fourth-order valence-corrected chi connectivity index (χ4v) is 3.74. The molecule has 0 bridgehead atoms. The molecule has 0 saturated carbocycles. The quantitative estimate of drug-likeness (QED) is 0.752. The number of amides is 3. The van der Waals surface area contributed by atoms with Crippen LogP contribution in [0.4, 0.5) is 0 Å². The van der Waals surface area contributed by atoms with E-state index < -0.39 is 6.04 Å². The predicted molar refractivity (Wildman–Crippen MR) is 121 cm³/mol. The highest BCUT2D eigenvalue weighted by atomic mass is 16.2. The van der Waals surface area contributed by atoms with Gasteiger partial charge in [-0.1, -0.05) is 49.7 Å². The molecule has 1 fully saturated rings. The first-order valence-corrected chi connectivity index (χ1v) is 10.9. The third kappa shape index (κ3) is 5.94. The molecule has 1 aliphatic rings. The first-order valence-electron chi connectivity index (χ1n) is 10.9. The highest BCUT2D eigenvalue weighted by Crippen LogP contribution is 2.16. The summed E-state index contributed by atoms with van der Waals surface area (Å²) in [6, 6.07) is 15.9. The molecule has 1 aliphatic heterocycles. The van der Waals surface area contributed by atoms with Crippen molar-refractivity contribution in [2.45, 2.75) is 45.7 Å². The van der Waals surface area contributed by atoms with E-state index in [-0.39, 0.29) is 29.7 Å². The van der Waals surface area contributed by atoms with Crippen LogP contribution in [-0.4, -0.2) is 47.8 Å². The number of carbonyl (C=O) groups excluding carboxylic acids is 3. The Kier molecular flexibility index (Phi) is 7.45. The first-order chi connectivity index (χ1) is 14.8. The summed E-state index contributed by atoms with van der Waals surface area (Å²) >= 11 is 0. The second kappa shape index (κ2) is 10.2. The third-order valence-corrected chi connectivity index (χ3v) is 5.71. The lowest BCUT2D eigenvalue weighted by Gasteiger charge is -2.35. The number of rotatable bonds is 6. The Morgan fingerprint density at radius 3 is 2.03 bits per heavy atom. The third-order valence-electron chi connectivity index (χ3n) is 5.71. The largest absolute Gasteiger partial charge is 0.349 e. The molecule has 0 spiro atoms. The van der Waals surface area contributed by atoms with Crippen LogP contribution in [0.5, 0.6) is 0 Å². The van der Waals surface area contributed by atoms with Gasteiger partial charge in [-0.2, -0.15) is 0 Å². The summed E-state index contributed by atoms with van der Waals surface area (Å²) in [6.45, 7) is 6.95. The summed E-state index contributed by atoms with van der Waals surface area (Å²) in [5.41, 5.74) is 2.27. The Balaban J connectivity index is 1.55. The number of hydrogen-bond acceptors (Lipinski definition) is 3. The van der Waals surface area contributed by atoms with Gasteiger partial charge in [0.2, 0.25) is 5.91 Å². The van der Waals surface area contributed by atoms with E-state index in [0.29, 0.717) is 37.1 Å². The zero-order chi connectivity index (χ0) is 22.4. The highest BCUT2D eigenvalue weighted by Gasteiger charge is 2.31. The standard InChI is InChI=1S/C25H31N3O3/c1-17(2)22(27-24(30)20-11-9-18(3)10-12-20)25(31)28-15-13-21(14-16-28)26-23(29)19-7-5-4-6-8-19/h4-12,17,21-22H,13-16H2,1-3H3,(H,26,29)(H,27,30)/t22-/m0/s1. The van der Waals surface area contributed by atoms with Crippen LogP contribution in [0.3, 0.4) is 0 Å². The summed E-state index contributed by atoms with van der Waals surface area (Å²) in [5.74, 6) is -0.423. The van der Waals surface area contributed by atoms with Gasteiger partial charge >= 0.3 is 0 Å². The maximum atomic E-state index is 13.1. The van der Waals surface area contributed by atoms with E-state index in [1.165, 1.54) is 0 Å². The van der Waals surface area contributed by atoms with E-state index in [2.05, 4.69) is 10.6 Å². The lowest BCUT2D eigenvalue weighted by molar-refractivity contribution is -0.135. The van der Waals surface area contributed by atoms with Gasteiger partial charge in [0.05, 0.1) is 0 Å². The van der Waals surface area contributed by atoms with Crippen molar-refractivity contribution in [3.8, 4) is 0 Å². The van der Waals surface area contributed by atoms with Crippen LogP contribution in [0.1, 0.15) is 53.0 Å². The van der Waals surface area contributed by atoms with Gasteiger partial charge in [-0.15, -0.1) is 0 Å². The van der Waals surface area contributed by atoms with Crippen LogP contribution < -0.4 is 10.6 Å². The Bertz CT molecular complexity index is 901. The van der Waals surface area contributed by atoms with Gasteiger partial charge in [0, 0.05) is 30.3 Å². The second-order valence-corrected chi connectivity index (χ2v) is 8.50. The Morgan fingerprint density at radius 1 is 0.871 bits per heavy atom. The molecule has 1 saturated heterocycles. The lowest BCUT2D eigenvalue weighted by Crippen LogP contribution is -2.54. The maximum absolute atomic E-state index is 13.1. The summed E-state index contributed by atoms with van der Waals surface area (Å²) in [7, 11) is 0. The van der Waals surface area contributed by atoms with Crippen molar-refractivity contribution < 1.29 is 14.4 Å². The molecule has 0 aliphatic carbocycles. The van der Waals surface area contributed by atoms with Crippen LogP contribution in [0, 0.1) is 12.8 Å². The summed E-state index contributed by atoms with van der Waals surface area (Å²) in [5, 5.41) is 5.97. The zero-order valence-electron chi connectivity index (χ0n) is 18.4. The van der Waals surface area contributed by atoms with Crippen LogP contribution in [0.2, 0.25) is 0 Å². The molecule has 1 atom stereocenters. The second-order valence-electron chi connectivity index (χ2n) is 8.50. The van der Waals surface area contributed by atoms with Crippen molar-refractivity contribution in [3.05, 3.63) is 71.3 Å². The van der Waals surface area contributed by atoms with Crippen molar-refractivity contribution in [1.82, 2.24) is 15.5 Å². The Hall–Kier alpha value is -3.15. The van der Waals surface area contributed by atoms with Crippen molar-refractivity contribution >= 4 is 17.7 Å². The van der Waals surface area contributed by atoms with Crippen molar-refractivity contribution in [2.75, 3.05) is 13.1 Å². The molecular weight excluding hydrogens is 390 g/mol. The van der Waals surface area contributed by atoms with Crippen LogP contribution in [0.25, 0.3) is 0 Å². The molecule has 164 valence electrons. The van der Waals surface area contributed by atoms with Gasteiger partial charge in [-0.05, 0) is 49.9 Å². The highest BCUT2D eigenvalue weighted by molar-refractivity contribution is 5.97. The van der Waals surface area contributed by atoms with E-state index in [9.17, 15) is 14.4 Å². The van der Waals surface area contributed by atoms with Gasteiger partial charge in [0.25, 0.3) is 11.8 Å². The SMILES string of the molecule is Cc1ccc(C(=O)N[C@H](C(=O)N2CCC(NC(=O)c3ccccc3)CC2)C(C)C)cc1. The number of nitrogens with one attached hydrogen (secondary N) is 2. The molecule has 6 nitrogen and oxygen atoms in total. The average Bonchev–Trinajstić information content (AvgIpc) is 2.78. The van der Waals surface area contributed by atoms with Crippen molar-refractivity contribution in [2.24, 2.45) is 5.92 Å². The number of piperidine rings is 1. The number of nitrogens with zero attached hydrogens (tertiary/aromatic N) is 1. The molecular formula is C25H31N3O3. The van der Waals surface area contributed by atoms with Gasteiger partial charge < -0.3 is 15.5 Å². The van der Waals surface area contributed by atoms with Crippen molar-refractivity contribution in [3.63, 3.8) is 0 Å². The minimum atomic E-state index is -0.579. The molecule has 0 aromatic heterocycles. The predicted octanol–water partition coefficient (Wildman–Crippen LogP) is 3.17. The van der Waals surface area contributed by atoms with E-state index in [1.54, 1.807) is 29.2 Å². The fraction of sp³-hybridized carbons (Fsp3) is 0.400. The van der Waals surface area contributed by atoms with Crippen LogP contribution in [0.15, 0.2) is 54.6 Å². The number of hydrogen-bond donors (Lipinski definition) is 2. The first kappa shape index (κ1) is 22.5.